The maximum absolute atomic E-state index is 13.1. The molecule has 164 valence electrons. The molecule has 2 N–H and O–H groups in total. The lowest BCUT2D eigenvalue weighted by atomic mass is 9.77. The Bertz CT molecular complexity index is 1330. The van der Waals surface area contributed by atoms with Crippen LogP contribution in [-0.4, -0.2) is 8.42 Å². The van der Waals surface area contributed by atoms with Crippen LogP contribution in [0.5, 0.6) is 0 Å². The second-order valence-corrected chi connectivity index (χ2v) is 11.4. The van der Waals surface area contributed by atoms with Crippen LogP contribution in [0.4, 0.5) is 11.4 Å². The summed E-state index contributed by atoms with van der Waals surface area (Å²) in [6.07, 6.45) is 5.31. The molecule has 0 fully saturated rings. The summed E-state index contributed by atoms with van der Waals surface area (Å²) in [6, 6.07) is 18.4. The van der Waals surface area contributed by atoms with Crippen molar-refractivity contribution in [2.45, 2.75) is 23.3 Å². The van der Waals surface area contributed by atoms with E-state index in [2.05, 4.69) is 50.3 Å². The van der Waals surface area contributed by atoms with E-state index in [1.165, 1.54) is 11.6 Å². The summed E-state index contributed by atoms with van der Waals surface area (Å²) >= 11 is 15.7. The zero-order chi connectivity index (χ0) is 22.5. The number of rotatable bonds is 4. The fourth-order valence-corrected chi connectivity index (χ4v) is 6.28. The molecule has 8 heteroatoms. The molecule has 3 atom stereocenters. The lowest BCUT2D eigenvalue weighted by Gasteiger charge is -2.37. The van der Waals surface area contributed by atoms with Crippen LogP contribution in [0.2, 0.25) is 10.0 Å². The van der Waals surface area contributed by atoms with Crippen molar-refractivity contribution in [3.05, 3.63) is 98.5 Å². The minimum atomic E-state index is -3.84. The molecule has 3 aromatic carbocycles. The van der Waals surface area contributed by atoms with Gasteiger partial charge in [0.1, 0.15) is 0 Å². The zero-order valence-corrected chi connectivity index (χ0v) is 20.6. The summed E-state index contributed by atoms with van der Waals surface area (Å²) in [7, 11) is -3.84. The molecule has 0 unspecified atom stereocenters. The van der Waals surface area contributed by atoms with Crippen molar-refractivity contribution < 1.29 is 8.42 Å². The van der Waals surface area contributed by atoms with Gasteiger partial charge >= 0.3 is 0 Å². The summed E-state index contributed by atoms with van der Waals surface area (Å²) in [5.41, 5.74) is 3.40. The monoisotopic (exact) mass is 548 g/mol. The van der Waals surface area contributed by atoms with Gasteiger partial charge in [0.25, 0.3) is 10.0 Å². The van der Waals surface area contributed by atoms with Crippen molar-refractivity contribution in [3.8, 4) is 0 Å². The third-order valence-corrected chi connectivity index (χ3v) is 8.50. The molecule has 5 rings (SSSR count). The van der Waals surface area contributed by atoms with Crippen molar-refractivity contribution >= 4 is 60.5 Å². The van der Waals surface area contributed by atoms with Crippen LogP contribution in [-0.2, 0) is 10.0 Å². The summed E-state index contributed by atoms with van der Waals surface area (Å²) < 4.78 is 29.8. The van der Waals surface area contributed by atoms with E-state index in [0.717, 1.165) is 22.1 Å². The molecule has 0 amide bonds. The van der Waals surface area contributed by atoms with Gasteiger partial charge in [-0.05, 0) is 72.0 Å². The van der Waals surface area contributed by atoms with Crippen molar-refractivity contribution in [3.63, 3.8) is 0 Å². The molecule has 1 heterocycles. The summed E-state index contributed by atoms with van der Waals surface area (Å²) in [4.78, 5) is 0.190. The standard InChI is InChI=1S/C24H19BrCl2N2O2S/c25-15-6-4-14(5-7-15)24-19-3-1-2-18(19)20-13-17(9-11-22(20)28-24)32(30,31)29-23-12-16(26)8-10-21(23)27/h1-2,4-13,18-19,24,28-29H,3H2/t18-,19+,24+/m0/s1. The Morgan fingerprint density at radius 3 is 2.56 bits per heavy atom. The summed E-state index contributed by atoms with van der Waals surface area (Å²) in [6.45, 7) is 0. The Hall–Kier alpha value is -1.99. The molecule has 0 saturated carbocycles. The number of hydrogen-bond donors (Lipinski definition) is 2. The number of nitrogens with one attached hydrogen (secondary N) is 2. The predicted molar refractivity (Wildman–Crippen MR) is 134 cm³/mol. The van der Waals surface area contributed by atoms with Crippen LogP contribution in [0.1, 0.15) is 29.5 Å². The summed E-state index contributed by atoms with van der Waals surface area (Å²) in [5, 5.41) is 4.33. The van der Waals surface area contributed by atoms with E-state index in [1.54, 1.807) is 24.3 Å². The average molecular weight is 550 g/mol. The highest BCUT2D eigenvalue weighted by Gasteiger charge is 2.38. The van der Waals surface area contributed by atoms with E-state index < -0.39 is 10.0 Å². The molecule has 0 saturated heterocycles. The van der Waals surface area contributed by atoms with Crippen LogP contribution in [0.25, 0.3) is 0 Å². The predicted octanol–water partition coefficient (Wildman–Crippen LogP) is 7.38. The lowest BCUT2D eigenvalue weighted by molar-refractivity contribution is 0.425. The van der Waals surface area contributed by atoms with E-state index in [0.29, 0.717) is 10.9 Å². The van der Waals surface area contributed by atoms with E-state index in [-0.39, 0.29) is 27.6 Å². The first-order valence-corrected chi connectivity index (χ1v) is 13.2. The Morgan fingerprint density at radius 2 is 1.78 bits per heavy atom. The van der Waals surface area contributed by atoms with Crippen molar-refractivity contribution in [1.29, 1.82) is 0 Å². The largest absolute Gasteiger partial charge is 0.378 e. The van der Waals surface area contributed by atoms with E-state index in [1.807, 2.05) is 18.2 Å². The highest BCUT2D eigenvalue weighted by Crippen LogP contribution is 2.50. The smallest absolute Gasteiger partial charge is 0.261 e. The fraction of sp³-hybridized carbons (Fsp3) is 0.167. The number of hydrogen-bond acceptors (Lipinski definition) is 3. The van der Waals surface area contributed by atoms with Crippen LogP contribution in [0.3, 0.4) is 0 Å². The van der Waals surface area contributed by atoms with Crippen LogP contribution in [0, 0.1) is 5.92 Å². The fourth-order valence-electron chi connectivity index (χ4n) is 4.52. The van der Waals surface area contributed by atoms with Gasteiger partial charge in [0, 0.05) is 21.1 Å². The van der Waals surface area contributed by atoms with Crippen LogP contribution in [0.15, 0.2) is 82.2 Å². The first-order chi connectivity index (χ1) is 15.3. The molecule has 3 aromatic rings. The van der Waals surface area contributed by atoms with Gasteiger partial charge in [-0.3, -0.25) is 4.72 Å². The maximum Gasteiger partial charge on any atom is 0.261 e. The first kappa shape index (κ1) is 21.8. The van der Waals surface area contributed by atoms with Crippen molar-refractivity contribution in [2.24, 2.45) is 5.92 Å². The van der Waals surface area contributed by atoms with Crippen LogP contribution >= 0.6 is 39.1 Å². The van der Waals surface area contributed by atoms with Gasteiger partial charge in [-0.2, -0.15) is 0 Å². The van der Waals surface area contributed by atoms with Crippen molar-refractivity contribution in [1.82, 2.24) is 0 Å². The summed E-state index contributed by atoms with van der Waals surface area (Å²) in [5.74, 6) is 0.460. The number of sulfonamides is 1. The molecular formula is C24H19BrCl2N2O2S. The SMILES string of the molecule is O=S(=O)(Nc1cc(Cl)ccc1Cl)c1ccc2c(c1)[C@H]1C=CC[C@H]1[C@@H](c1ccc(Br)cc1)N2. The normalized spacial score (nSPS) is 21.5. The number of fused-ring (bicyclic) bond motifs is 3. The van der Waals surface area contributed by atoms with E-state index >= 15 is 0 Å². The maximum atomic E-state index is 13.1. The quantitative estimate of drug-likeness (QED) is 0.334. The Balaban J connectivity index is 1.49. The zero-order valence-electron chi connectivity index (χ0n) is 16.7. The van der Waals surface area contributed by atoms with Gasteiger partial charge in [0.15, 0.2) is 0 Å². The number of allylic oxidation sites excluding steroid dienone is 2. The number of anilines is 2. The molecular weight excluding hydrogens is 531 g/mol. The van der Waals surface area contributed by atoms with E-state index in [4.69, 9.17) is 23.2 Å². The molecule has 1 aliphatic heterocycles. The van der Waals surface area contributed by atoms with Gasteiger partial charge in [-0.15, -0.1) is 0 Å². The Morgan fingerprint density at radius 1 is 1.00 bits per heavy atom. The molecule has 0 bridgehead atoms. The third-order valence-electron chi connectivity index (χ3n) is 6.05. The average Bonchev–Trinajstić information content (AvgIpc) is 3.26. The molecule has 0 spiro atoms. The first-order valence-electron chi connectivity index (χ1n) is 10.1. The number of halogens is 3. The van der Waals surface area contributed by atoms with Gasteiger partial charge < -0.3 is 5.32 Å². The Labute approximate surface area is 205 Å². The molecule has 0 aromatic heterocycles. The van der Waals surface area contributed by atoms with E-state index in [9.17, 15) is 8.42 Å². The minimum Gasteiger partial charge on any atom is -0.378 e. The van der Waals surface area contributed by atoms with Gasteiger partial charge in [0.05, 0.1) is 21.6 Å². The van der Waals surface area contributed by atoms with Gasteiger partial charge in [-0.1, -0.05) is 63.4 Å². The second kappa shape index (κ2) is 8.41. The topological polar surface area (TPSA) is 58.2 Å². The third kappa shape index (κ3) is 4.05. The Kier molecular flexibility index (Phi) is 5.74. The lowest BCUT2D eigenvalue weighted by Crippen LogP contribution is -2.29. The second-order valence-electron chi connectivity index (χ2n) is 8.01. The van der Waals surface area contributed by atoms with Crippen LogP contribution < -0.4 is 10.0 Å². The molecule has 32 heavy (non-hydrogen) atoms. The van der Waals surface area contributed by atoms with Gasteiger partial charge in [-0.25, -0.2) is 8.42 Å². The van der Waals surface area contributed by atoms with Crippen molar-refractivity contribution in [2.75, 3.05) is 10.0 Å². The highest BCUT2D eigenvalue weighted by molar-refractivity contribution is 9.10. The minimum absolute atomic E-state index is 0.143. The molecule has 1 aliphatic carbocycles. The van der Waals surface area contributed by atoms with Gasteiger partial charge in [0.2, 0.25) is 0 Å². The highest BCUT2D eigenvalue weighted by atomic mass is 79.9. The number of benzene rings is 3. The molecule has 2 aliphatic rings. The molecule has 4 nitrogen and oxygen atoms in total. The molecule has 0 radical (unpaired) electrons.